The van der Waals surface area contributed by atoms with Crippen LogP contribution in [-0.2, 0) is 11.3 Å². The molecule has 0 aliphatic rings. The summed E-state index contributed by atoms with van der Waals surface area (Å²) in [6, 6.07) is 4.05. The van der Waals surface area contributed by atoms with Gasteiger partial charge in [-0.2, -0.15) is 0 Å². The average Bonchev–Trinajstić information content (AvgIpc) is 2.19. The number of rotatable bonds is 3. The lowest BCUT2D eigenvalue weighted by atomic mass is 10.2. The normalized spacial score (nSPS) is 10.9. The van der Waals surface area contributed by atoms with Crippen LogP contribution in [0.5, 0.6) is 5.75 Å². The molecule has 0 fully saturated rings. The van der Waals surface area contributed by atoms with Gasteiger partial charge in [0.25, 0.3) is 0 Å². The molecule has 19 heavy (non-hydrogen) atoms. The zero-order valence-electron chi connectivity index (χ0n) is 11.0. The molecule has 0 aromatic heterocycles. The fraction of sp³-hybridized carbons (Fsp3) is 0.417. The van der Waals surface area contributed by atoms with Crippen LogP contribution in [0.25, 0.3) is 0 Å². The van der Waals surface area contributed by atoms with E-state index in [9.17, 15) is 20.0 Å². The van der Waals surface area contributed by atoms with Gasteiger partial charge in [0, 0.05) is 10.6 Å². The van der Waals surface area contributed by atoms with Crippen LogP contribution in [0.1, 0.15) is 26.3 Å². The standard InChI is InChI=1S/C12H16N2O5/c1-12(2,3)19-11(16)13-9-4-5-10(15)8(6-9)7-14(17)18/h4-6,15H,7H2,1-3H3,(H,13,16). The van der Waals surface area contributed by atoms with Gasteiger partial charge in [-0.05, 0) is 39.0 Å². The van der Waals surface area contributed by atoms with Gasteiger partial charge in [-0.1, -0.05) is 0 Å². The maximum Gasteiger partial charge on any atom is 0.412 e. The molecular weight excluding hydrogens is 252 g/mol. The highest BCUT2D eigenvalue weighted by molar-refractivity contribution is 5.85. The van der Waals surface area contributed by atoms with E-state index in [2.05, 4.69) is 5.32 Å². The van der Waals surface area contributed by atoms with Crippen LogP contribution in [0.2, 0.25) is 0 Å². The third-order valence-corrected chi connectivity index (χ3v) is 2.02. The molecule has 0 heterocycles. The van der Waals surface area contributed by atoms with Crippen molar-refractivity contribution < 1.29 is 19.6 Å². The number of nitrogens with one attached hydrogen (secondary N) is 1. The molecule has 0 bridgehead atoms. The molecule has 1 aromatic carbocycles. The summed E-state index contributed by atoms with van der Waals surface area (Å²) in [6.45, 7) is 4.65. The maximum absolute atomic E-state index is 11.5. The smallest absolute Gasteiger partial charge is 0.412 e. The first-order valence-corrected chi connectivity index (χ1v) is 5.61. The van der Waals surface area contributed by atoms with E-state index in [0.29, 0.717) is 5.69 Å². The minimum Gasteiger partial charge on any atom is -0.507 e. The Labute approximate surface area is 110 Å². The third kappa shape index (κ3) is 5.24. The highest BCUT2D eigenvalue weighted by Gasteiger charge is 2.17. The van der Waals surface area contributed by atoms with Crippen molar-refractivity contribution in [3.63, 3.8) is 0 Å². The predicted molar refractivity (Wildman–Crippen MR) is 68.7 cm³/mol. The molecule has 2 N–H and O–H groups in total. The van der Waals surface area contributed by atoms with Gasteiger partial charge < -0.3 is 9.84 Å². The summed E-state index contributed by atoms with van der Waals surface area (Å²) in [5, 5.41) is 22.3. The summed E-state index contributed by atoms with van der Waals surface area (Å²) >= 11 is 0. The summed E-state index contributed by atoms with van der Waals surface area (Å²) in [5.41, 5.74) is -0.188. The van der Waals surface area contributed by atoms with Gasteiger partial charge in [0.15, 0.2) is 0 Å². The van der Waals surface area contributed by atoms with E-state index < -0.39 is 23.2 Å². The lowest BCUT2D eigenvalue weighted by Gasteiger charge is -2.19. The van der Waals surface area contributed by atoms with Crippen molar-refractivity contribution >= 4 is 11.8 Å². The number of amides is 1. The summed E-state index contributed by atoms with van der Waals surface area (Å²) in [7, 11) is 0. The first-order chi connectivity index (χ1) is 8.67. The number of hydrogen-bond donors (Lipinski definition) is 2. The van der Waals surface area contributed by atoms with Crippen LogP contribution < -0.4 is 5.32 Å². The van der Waals surface area contributed by atoms with E-state index in [1.807, 2.05) is 0 Å². The second-order valence-corrected chi connectivity index (χ2v) is 4.96. The van der Waals surface area contributed by atoms with Crippen LogP contribution >= 0.6 is 0 Å². The van der Waals surface area contributed by atoms with E-state index >= 15 is 0 Å². The fourth-order valence-electron chi connectivity index (χ4n) is 1.35. The van der Waals surface area contributed by atoms with Crippen LogP contribution in [0.3, 0.4) is 0 Å². The SMILES string of the molecule is CC(C)(C)OC(=O)Nc1ccc(O)c(C[N+](=O)[O-])c1. The monoisotopic (exact) mass is 268 g/mol. The number of phenols is 1. The van der Waals surface area contributed by atoms with Gasteiger partial charge in [-0.3, -0.25) is 15.4 Å². The molecule has 0 saturated heterocycles. The first-order valence-electron chi connectivity index (χ1n) is 5.61. The number of ether oxygens (including phenoxy) is 1. The van der Waals surface area contributed by atoms with Gasteiger partial charge in [-0.15, -0.1) is 0 Å². The Morgan fingerprint density at radius 3 is 2.63 bits per heavy atom. The molecule has 7 heteroatoms. The Kier molecular flexibility index (Phi) is 4.31. The minimum atomic E-state index is -0.662. The van der Waals surface area contributed by atoms with Crippen molar-refractivity contribution in [3.8, 4) is 5.75 Å². The van der Waals surface area contributed by atoms with Crippen molar-refractivity contribution in [2.45, 2.75) is 32.9 Å². The highest BCUT2D eigenvalue weighted by Crippen LogP contribution is 2.22. The zero-order chi connectivity index (χ0) is 14.6. The topological polar surface area (TPSA) is 102 Å². The molecule has 0 aliphatic carbocycles. The van der Waals surface area contributed by atoms with Crippen LogP contribution in [0.15, 0.2) is 18.2 Å². The zero-order valence-corrected chi connectivity index (χ0v) is 11.0. The lowest BCUT2D eigenvalue weighted by molar-refractivity contribution is -0.496. The second kappa shape index (κ2) is 5.55. The van der Waals surface area contributed by atoms with E-state index in [1.165, 1.54) is 18.2 Å². The number of carbonyl (C=O) groups excluding carboxylic acids is 1. The Balaban J connectivity index is 2.79. The number of nitro groups is 1. The molecule has 0 saturated carbocycles. The molecule has 1 amide bonds. The van der Waals surface area contributed by atoms with Gasteiger partial charge >= 0.3 is 6.09 Å². The minimum absolute atomic E-state index is 0.124. The Bertz CT molecular complexity index is 493. The molecule has 104 valence electrons. The molecule has 0 atom stereocenters. The predicted octanol–water partition coefficient (Wildman–Crippen LogP) is 2.52. The average molecular weight is 268 g/mol. The fourth-order valence-corrected chi connectivity index (χ4v) is 1.35. The molecular formula is C12H16N2O5. The Hall–Kier alpha value is -2.31. The van der Waals surface area contributed by atoms with Gasteiger partial charge in [0.05, 0.1) is 5.56 Å². The molecule has 7 nitrogen and oxygen atoms in total. The van der Waals surface area contributed by atoms with Gasteiger partial charge in [-0.25, -0.2) is 4.79 Å². The number of carbonyl (C=O) groups is 1. The Morgan fingerprint density at radius 1 is 1.47 bits per heavy atom. The van der Waals surface area contributed by atoms with Crippen molar-refractivity contribution in [1.29, 1.82) is 0 Å². The van der Waals surface area contributed by atoms with Crippen molar-refractivity contribution in [2.75, 3.05) is 5.32 Å². The summed E-state index contributed by atoms with van der Waals surface area (Å²) in [4.78, 5) is 21.4. The quantitative estimate of drug-likeness (QED) is 0.498. The molecule has 1 rings (SSSR count). The van der Waals surface area contributed by atoms with E-state index in [-0.39, 0.29) is 11.3 Å². The van der Waals surface area contributed by atoms with Crippen LogP contribution in [-0.4, -0.2) is 21.7 Å². The second-order valence-electron chi connectivity index (χ2n) is 4.96. The summed E-state index contributed by atoms with van der Waals surface area (Å²) < 4.78 is 5.05. The van der Waals surface area contributed by atoms with Crippen LogP contribution in [0, 0.1) is 10.1 Å². The number of nitrogens with zero attached hydrogens (tertiary/aromatic N) is 1. The third-order valence-electron chi connectivity index (χ3n) is 2.02. The first kappa shape index (κ1) is 14.7. The van der Waals surface area contributed by atoms with E-state index in [1.54, 1.807) is 20.8 Å². The van der Waals surface area contributed by atoms with Crippen molar-refractivity contribution in [2.24, 2.45) is 0 Å². The van der Waals surface area contributed by atoms with Crippen LogP contribution in [0.4, 0.5) is 10.5 Å². The number of hydrogen-bond acceptors (Lipinski definition) is 5. The number of anilines is 1. The summed E-state index contributed by atoms with van der Waals surface area (Å²) in [5.74, 6) is -0.188. The molecule has 1 aromatic rings. The molecule has 0 radical (unpaired) electrons. The largest absolute Gasteiger partial charge is 0.507 e. The summed E-state index contributed by atoms with van der Waals surface area (Å²) in [6.07, 6.45) is -0.662. The molecule has 0 aliphatic heterocycles. The lowest BCUT2D eigenvalue weighted by Crippen LogP contribution is -2.27. The van der Waals surface area contributed by atoms with E-state index in [0.717, 1.165) is 0 Å². The Morgan fingerprint density at radius 2 is 2.11 bits per heavy atom. The number of aromatic hydroxyl groups is 1. The number of benzene rings is 1. The number of phenolic OH excluding ortho intramolecular Hbond substituents is 1. The molecule has 0 spiro atoms. The highest BCUT2D eigenvalue weighted by atomic mass is 16.6. The maximum atomic E-state index is 11.5. The molecule has 0 unspecified atom stereocenters. The van der Waals surface area contributed by atoms with Gasteiger partial charge in [0.2, 0.25) is 6.54 Å². The van der Waals surface area contributed by atoms with Crippen molar-refractivity contribution in [3.05, 3.63) is 33.9 Å². The van der Waals surface area contributed by atoms with Gasteiger partial charge in [0.1, 0.15) is 11.4 Å². The van der Waals surface area contributed by atoms with Crippen molar-refractivity contribution in [1.82, 2.24) is 0 Å². The van der Waals surface area contributed by atoms with E-state index in [4.69, 9.17) is 4.74 Å².